The van der Waals surface area contributed by atoms with E-state index in [4.69, 9.17) is 17.3 Å². The summed E-state index contributed by atoms with van der Waals surface area (Å²) >= 11 is 5.87. The number of hydrogen-bond acceptors (Lipinski definition) is 1. The molecule has 0 amide bonds. The first-order valence-corrected chi connectivity index (χ1v) is 6.25. The molecule has 0 aliphatic heterocycles. The first-order chi connectivity index (χ1) is 8.91. The van der Waals surface area contributed by atoms with Crippen molar-refractivity contribution in [3.8, 4) is 0 Å². The zero-order valence-electron chi connectivity index (χ0n) is 10.7. The van der Waals surface area contributed by atoms with Gasteiger partial charge in [-0.15, -0.1) is 0 Å². The molecule has 0 aromatic heterocycles. The molecule has 0 saturated carbocycles. The van der Waals surface area contributed by atoms with E-state index in [-0.39, 0.29) is 5.56 Å². The Morgan fingerprint density at radius 2 is 1.74 bits per heavy atom. The smallest absolute Gasteiger partial charge is 0.134 e. The van der Waals surface area contributed by atoms with Gasteiger partial charge < -0.3 is 5.73 Å². The van der Waals surface area contributed by atoms with Gasteiger partial charge in [0.15, 0.2) is 0 Å². The molecule has 19 heavy (non-hydrogen) atoms. The molecule has 2 rings (SSSR count). The van der Waals surface area contributed by atoms with Crippen LogP contribution in [0.25, 0.3) is 0 Å². The minimum atomic E-state index is -0.850. The van der Waals surface area contributed by atoms with E-state index in [9.17, 15) is 8.78 Å². The van der Waals surface area contributed by atoms with Gasteiger partial charge in [0.25, 0.3) is 0 Å². The number of hydrogen-bond donors (Lipinski definition) is 1. The third-order valence-corrected chi connectivity index (χ3v) is 3.43. The van der Waals surface area contributed by atoms with Gasteiger partial charge in [0, 0.05) is 10.6 Å². The van der Waals surface area contributed by atoms with Gasteiger partial charge in [-0.05, 0) is 48.7 Å². The van der Waals surface area contributed by atoms with E-state index in [2.05, 4.69) is 0 Å². The summed E-state index contributed by atoms with van der Waals surface area (Å²) in [4.78, 5) is 0. The van der Waals surface area contributed by atoms with E-state index in [1.165, 1.54) is 12.1 Å². The Kier molecular flexibility index (Phi) is 3.88. The molecule has 4 heteroatoms. The highest BCUT2D eigenvalue weighted by Crippen LogP contribution is 2.29. The summed E-state index contributed by atoms with van der Waals surface area (Å²) in [5, 5.41) is 0.568. The minimum absolute atomic E-state index is 0.106. The van der Waals surface area contributed by atoms with E-state index in [0.717, 1.165) is 5.56 Å². The monoisotopic (exact) mass is 281 g/mol. The van der Waals surface area contributed by atoms with Crippen molar-refractivity contribution in [1.82, 2.24) is 0 Å². The second-order valence-electron chi connectivity index (χ2n) is 4.57. The van der Waals surface area contributed by atoms with E-state index in [1.807, 2.05) is 6.92 Å². The highest BCUT2D eigenvalue weighted by Gasteiger charge is 2.21. The molecule has 1 atom stereocenters. The van der Waals surface area contributed by atoms with Crippen LogP contribution in [0.1, 0.15) is 28.3 Å². The summed E-state index contributed by atoms with van der Waals surface area (Å²) in [5.74, 6) is -1.23. The summed E-state index contributed by atoms with van der Waals surface area (Å²) in [6, 6.07) is 6.87. The third kappa shape index (κ3) is 2.62. The number of aryl methyl sites for hydroxylation is 2. The zero-order chi connectivity index (χ0) is 14.2. The fourth-order valence-corrected chi connectivity index (χ4v) is 2.33. The molecule has 1 unspecified atom stereocenters. The standard InChI is InChI=1S/C15H14ClF2N/c1-8-3-6-12(17)13(14(8)18)15(19)11-5-4-10(16)7-9(11)2/h3-7,15H,19H2,1-2H3. The quantitative estimate of drug-likeness (QED) is 0.873. The third-order valence-electron chi connectivity index (χ3n) is 3.20. The molecule has 0 fully saturated rings. The molecule has 0 aliphatic carbocycles. The van der Waals surface area contributed by atoms with Crippen LogP contribution >= 0.6 is 11.6 Å². The first-order valence-electron chi connectivity index (χ1n) is 5.88. The van der Waals surface area contributed by atoms with Crippen LogP contribution < -0.4 is 5.73 Å². The Balaban J connectivity index is 2.56. The van der Waals surface area contributed by atoms with Gasteiger partial charge in [-0.1, -0.05) is 23.7 Å². The number of benzene rings is 2. The maximum atomic E-state index is 14.1. The average Bonchev–Trinajstić information content (AvgIpc) is 2.34. The summed E-state index contributed by atoms with van der Waals surface area (Å²) in [6.07, 6.45) is 0. The fourth-order valence-electron chi connectivity index (χ4n) is 2.11. The van der Waals surface area contributed by atoms with E-state index in [1.54, 1.807) is 25.1 Å². The van der Waals surface area contributed by atoms with Crippen molar-refractivity contribution >= 4 is 11.6 Å². The predicted molar refractivity (Wildman–Crippen MR) is 73.3 cm³/mol. The van der Waals surface area contributed by atoms with Crippen LogP contribution in [-0.4, -0.2) is 0 Å². The maximum Gasteiger partial charge on any atom is 0.134 e. The minimum Gasteiger partial charge on any atom is -0.320 e. The van der Waals surface area contributed by atoms with Gasteiger partial charge in [0.1, 0.15) is 11.6 Å². The van der Waals surface area contributed by atoms with E-state index in [0.29, 0.717) is 16.1 Å². The highest BCUT2D eigenvalue weighted by atomic mass is 35.5. The largest absolute Gasteiger partial charge is 0.320 e. The normalized spacial score (nSPS) is 12.5. The topological polar surface area (TPSA) is 26.0 Å². The molecule has 0 bridgehead atoms. The number of rotatable bonds is 2. The molecule has 0 heterocycles. The van der Waals surface area contributed by atoms with Gasteiger partial charge in [-0.3, -0.25) is 0 Å². The van der Waals surface area contributed by atoms with Gasteiger partial charge in [0.05, 0.1) is 6.04 Å². The average molecular weight is 282 g/mol. The molecule has 0 spiro atoms. The highest BCUT2D eigenvalue weighted by molar-refractivity contribution is 6.30. The summed E-state index contributed by atoms with van der Waals surface area (Å²) in [7, 11) is 0. The molecule has 2 aromatic rings. The van der Waals surface area contributed by atoms with E-state index < -0.39 is 17.7 Å². The maximum absolute atomic E-state index is 14.1. The van der Waals surface area contributed by atoms with Gasteiger partial charge in [-0.25, -0.2) is 8.78 Å². The fraction of sp³-hybridized carbons (Fsp3) is 0.200. The Morgan fingerprint density at radius 1 is 1.05 bits per heavy atom. The Labute approximate surface area is 116 Å². The molecule has 1 nitrogen and oxygen atoms in total. The van der Waals surface area contributed by atoms with Crippen molar-refractivity contribution in [2.45, 2.75) is 19.9 Å². The van der Waals surface area contributed by atoms with E-state index >= 15 is 0 Å². The van der Waals surface area contributed by atoms with Gasteiger partial charge >= 0.3 is 0 Å². The SMILES string of the molecule is Cc1cc(Cl)ccc1C(N)c1c(F)ccc(C)c1F. The second-order valence-corrected chi connectivity index (χ2v) is 5.01. The van der Waals surface area contributed by atoms with Gasteiger partial charge in [0.2, 0.25) is 0 Å². The van der Waals surface area contributed by atoms with Crippen molar-refractivity contribution in [2.75, 3.05) is 0 Å². The van der Waals surface area contributed by atoms with Crippen molar-refractivity contribution in [3.05, 3.63) is 69.2 Å². The molecule has 0 saturated heterocycles. The van der Waals surface area contributed by atoms with Crippen LogP contribution in [0.2, 0.25) is 5.02 Å². The van der Waals surface area contributed by atoms with Crippen LogP contribution in [0, 0.1) is 25.5 Å². The Bertz CT molecular complexity index is 626. The molecule has 2 N–H and O–H groups in total. The van der Waals surface area contributed by atoms with Crippen molar-refractivity contribution < 1.29 is 8.78 Å². The first kappa shape index (κ1) is 14.0. The zero-order valence-corrected chi connectivity index (χ0v) is 11.4. The van der Waals surface area contributed by atoms with Crippen LogP contribution in [0.4, 0.5) is 8.78 Å². The molecule has 0 aliphatic rings. The van der Waals surface area contributed by atoms with Crippen molar-refractivity contribution in [1.29, 1.82) is 0 Å². The summed E-state index contributed by atoms with van der Waals surface area (Å²) in [6.45, 7) is 3.40. The van der Waals surface area contributed by atoms with Crippen molar-refractivity contribution in [3.63, 3.8) is 0 Å². The molecular formula is C15H14ClF2N. The van der Waals surface area contributed by atoms with Gasteiger partial charge in [-0.2, -0.15) is 0 Å². The molecule has 100 valence electrons. The Morgan fingerprint density at radius 3 is 2.37 bits per heavy atom. The van der Waals surface area contributed by atoms with Crippen LogP contribution in [-0.2, 0) is 0 Å². The molecule has 0 radical (unpaired) electrons. The summed E-state index contributed by atoms with van der Waals surface area (Å²) < 4.78 is 27.9. The summed E-state index contributed by atoms with van der Waals surface area (Å²) in [5.41, 5.74) is 7.75. The van der Waals surface area contributed by atoms with Crippen LogP contribution in [0.5, 0.6) is 0 Å². The van der Waals surface area contributed by atoms with Crippen LogP contribution in [0.15, 0.2) is 30.3 Å². The predicted octanol–water partition coefficient (Wildman–Crippen LogP) is 4.28. The molecule has 2 aromatic carbocycles. The lowest BCUT2D eigenvalue weighted by Gasteiger charge is -2.17. The van der Waals surface area contributed by atoms with Crippen molar-refractivity contribution in [2.24, 2.45) is 5.73 Å². The number of nitrogens with two attached hydrogens (primary N) is 1. The lowest BCUT2D eigenvalue weighted by Crippen LogP contribution is -2.17. The molecular weight excluding hydrogens is 268 g/mol. The lowest BCUT2D eigenvalue weighted by atomic mass is 9.94. The lowest BCUT2D eigenvalue weighted by molar-refractivity contribution is 0.538. The Hall–Kier alpha value is -1.45. The second kappa shape index (κ2) is 5.27. The number of halogens is 3. The van der Waals surface area contributed by atoms with Crippen LogP contribution in [0.3, 0.4) is 0 Å².